The van der Waals surface area contributed by atoms with Crippen LogP contribution in [0.1, 0.15) is 12.7 Å². The number of nitrogens with one attached hydrogen (secondary N) is 1. The van der Waals surface area contributed by atoms with E-state index in [1.165, 1.54) is 6.07 Å². The normalized spacial score (nSPS) is 11.0. The number of halogens is 2. The van der Waals surface area contributed by atoms with Gasteiger partial charge >= 0.3 is 0 Å². The minimum Gasteiger partial charge on any atom is -0.342 e. The molecule has 1 aromatic heterocycles. The van der Waals surface area contributed by atoms with Gasteiger partial charge in [0.05, 0.1) is 5.52 Å². The number of rotatable bonds is 1. The van der Waals surface area contributed by atoms with E-state index in [4.69, 9.17) is 0 Å². The van der Waals surface area contributed by atoms with Gasteiger partial charge in [-0.3, -0.25) is 0 Å². The summed E-state index contributed by atoms with van der Waals surface area (Å²) in [6, 6.07) is 3.24. The Hall–Kier alpha value is -0.900. The molecule has 0 atom stereocenters. The lowest BCUT2D eigenvalue weighted by Crippen LogP contribution is -1.80. The van der Waals surface area contributed by atoms with E-state index in [0.717, 1.165) is 22.2 Å². The molecule has 2 rings (SSSR count). The lowest BCUT2D eigenvalue weighted by Gasteiger charge is -1.91. The topological polar surface area (TPSA) is 28.7 Å². The van der Waals surface area contributed by atoms with Crippen LogP contribution in [-0.2, 0) is 6.42 Å². The van der Waals surface area contributed by atoms with E-state index in [1.54, 1.807) is 0 Å². The van der Waals surface area contributed by atoms with Gasteiger partial charge in [0, 0.05) is 10.9 Å². The van der Waals surface area contributed by atoms with E-state index >= 15 is 0 Å². The Kier molecular flexibility index (Phi) is 2.07. The fourth-order valence-corrected chi connectivity index (χ4v) is 1.69. The van der Waals surface area contributed by atoms with Gasteiger partial charge in [0.2, 0.25) is 0 Å². The van der Waals surface area contributed by atoms with Crippen LogP contribution in [0.15, 0.2) is 16.6 Å². The van der Waals surface area contributed by atoms with E-state index in [9.17, 15) is 4.39 Å². The molecule has 68 valence electrons. The minimum atomic E-state index is -0.291. The zero-order valence-electron chi connectivity index (χ0n) is 7.06. The summed E-state index contributed by atoms with van der Waals surface area (Å²) < 4.78 is 14.0. The fourth-order valence-electron chi connectivity index (χ4n) is 1.26. The molecular weight excluding hydrogens is 235 g/mol. The van der Waals surface area contributed by atoms with Crippen molar-refractivity contribution >= 4 is 27.0 Å². The second-order valence-corrected chi connectivity index (χ2v) is 3.74. The Bertz CT molecular complexity index is 450. The molecule has 0 aliphatic rings. The molecule has 1 aromatic carbocycles. The van der Waals surface area contributed by atoms with Crippen LogP contribution in [0.4, 0.5) is 4.39 Å². The molecule has 2 aromatic rings. The van der Waals surface area contributed by atoms with E-state index in [1.807, 2.05) is 13.0 Å². The monoisotopic (exact) mass is 242 g/mol. The van der Waals surface area contributed by atoms with E-state index in [2.05, 4.69) is 25.9 Å². The molecule has 2 nitrogen and oxygen atoms in total. The summed E-state index contributed by atoms with van der Waals surface area (Å²) in [5.41, 5.74) is 1.16. The molecule has 0 fully saturated rings. The van der Waals surface area contributed by atoms with Crippen LogP contribution in [0.25, 0.3) is 11.0 Å². The summed E-state index contributed by atoms with van der Waals surface area (Å²) >= 11 is 3.23. The van der Waals surface area contributed by atoms with Gasteiger partial charge in [-0.05, 0) is 12.1 Å². The van der Waals surface area contributed by atoms with Crippen molar-refractivity contribution in [1.29, 1.82) is 0 Å². The molecule has 1 N–H and O–H groups in total. The molecule has 4 heteroatoms. The number of imidazole rings is 1. The third kappa shape index (κ3) is 1.46. The third-order valence-corrected chi connectivity index (χ3v) is 2.35. The van der Waals surface area contributed by atoms with Crippen LogP contribution < -0.4 is 0 Å². The highest BCUT2D eigenvalue weighted by Crippen LogP contribution is 2.21. The SMILES string of the molecule is CCc1nc2c(F)cc(Br)cc2[nH]1. The number of fused-ring (bicyclic) bond motifs is 1. The number of aromatic nitrogens is 2. The van der Waals surface area contributed by atoms with Gasteiger partial charge in [-0.15, -0.1) is 0 Å². The van der Waals surface area contributed by atoms with Crippen molar-refractivity contribution in [1.82, 2.24) is 9.97 Å². The van der Waals surface area contributed by atoms with E-state index < -0.39 is 0 Å². The first-order valence-electron chi connectivity index (χ1n) is 4.04. The van der Waals surface area contributed by atoms with E-state index in [0.29, 0.717) is 5.52 Å². The lowest BCUT2D eigenvalue weighted by atomic mass is 10.3. The van der Waals surface area contributed by atoms with Crippen LogP contribution in [0.3, 0.4) is 0 Å². The Labute approximate surface area is 83.3 Å². The highest BCUT2D eigenvalue weighted by Gasteiger charge is 2.07. The van der Waals surface area contributed by atoms with Crippen LogP contribution in [0.2, 0.25) is 0 Å². The molecule has 1 heterocycles. The zero-order valence-corrected chi connectivity index (χ0v) is 8.65. The van der Waals surface area contributed by atoms with Gasteiger partial charge in [-0.1, -0.05) is 22.9 Å². The minimum absolute atomic E-state index is 0.291. The van der Waals surface area contributed by atoms with Crippen LogP contribution in [0.5, 0.6) is 0 Å². The number of aryl methyl sites for hydroxylation is 1. The van der Waals surface area contributed by atoms with Crippen molar-refractivity contribution in [3.05, 3.63) is 28.2 Å². The van der Waals surface area contributed by atoms with Crippen LogP contribution >= 0.6 is 15.9 Å². The zero-order chi connectivity index (χ0) is 9.42. The molecule has 0 spiro atoms. The van der Waals surface area contributed by atoms with Gasteiger partial charge in [0.1, 0.15) is 11.3 Å². The van der Waals surface area contributed by atoms with Crippen molar-refractivity contribution in [2.24, 2.45) is 0 Å². The van der Waals surface area contributed by atoms with Gasteiger partial charge in [0.25, 0.3) is 0 Å². The average molecular weight is 243 g/mol. The number of hydrogen-bond donors (Lipinski definition) is 1. The Morgan fingerprint density at radius 3 is 3.00 bits per heavy atom. The first-order valence-corrected chi connectivity index (χ1v) is 4.83. The molecule has 0 aliphatic heterocycles. The summed E-state index contributed by atoms with van der Waals surface area (Å²) in [6.45, 7) is 1.98. The molecule has 0 amide bonds. The van der Waals surface area contributed by atoms with Gasteiger partial charge in [-0.2, -0.15) is 0 Å². The number of hydrogen-bond acceptors (Lipinski definition) is 1. The van der Waals surface area contributed by atoms with Crippen molar-refractivity contribution in [3.8, 4) is 0 Å². The van der Waals surface area contributed by atoms with Crippen LogP contribution in [-0.4, -0.2) is 9.97 Å². The number of aromatic amines is 1. The molecule has 0 saturated carbocycles. The van der Waals surface area contributed by atoms with Crippen molar-refractivity contribution < 1.29 is 4.39 Å². The van der Waals surface area contributed by atoms with Gasteiger partial charge in [-0.25, -0.2) is 9.37 Å². The molecule has 13 heavy (non-hydrogen) atoms. The second kappa shape index (κ2) is 3.10. The van der Waals surface area contributed by atoms with Crippen molar-refractivity contribution in [2.75, 3.05) is 0 Å². The fraction of sp³-hybridized carbons (Fsp3) is 0.222. The maximum Gasteiger partial charge on any atom is 0.152 e. The number of nitrogens with zero attached hydrogens (tertiary/aromatic N) is 1. The van der Waals surface area contributed by atoms with Gasteiger partial charge < -0.3 is 4.98 Å². The molecule has 0 unspecified atom stereocenters. The average Bonchev–Trinajstić information content (AvgIpc) is 2.47. The largest absolute Gasteiger partial charge is 0.342 e. The summed E-state index contributed by atoms with van der Waals surface area (Å²) in [7, 11) is 0. The quantitative estimate of drug-likeness (QED) is 0.819. The summed E-state index contributed by atoms with van der Waals surface area (Å²) in [6.07, 6.45) is 0.783. The molecule has 0 saturated heterocycles. The standard InChI is InChI=1S/C9H8BrFN2/c1-2-8-12-7-4-5(10)3-6(11)9(7)13-8/h3-4H,2H2,1H3,(H,12,13). The smallest absolute Gasteiger partial charge is 0.152 e. The molecule has 0 radical (unpaired) electrons. The van der Waals surface area contributed by atoms with Crippen molar-refractivity contribution in [3.63, 3.8) is 0 Å². The second-order valence-electron chi connectivity index (χ2n) is 2.82. The molecule has 0 aliphatic carbocycles. The molecule has 0 bridgehead atoms. The number of H-pyrrole nitrogens is 1. The summed E-state index contributed by atoms with van der Waals surface area (Å²) in [5, 5.41) is 0. The van der Waals surface area contributed by atoms with Crippen molar-refractivity contribution in [2.45, 2.75) is 13.3 Å². The van der Waals surface area contributed by atoms with Gasteiger partial charge in [0.15, 0.2) is 5.82 Å². The highest BCUT2D eigenvalue weighted by atomic mass is 79.9. The van der Waals surface area contributed by atoms with E-state index in [-0.39, 0.29) is 5.82 Å². The summed E-state index contributed by atoms with van der Waals surface area (Å²) in [4.78, 5) is 7.17. The maximum absolute atomic E-state index is 13.3. The predicted molar refractivity (Wildman–Crippen MR) is 53.1 cm³/mol. The maximum atomic E-state index is 13.3. The Morgan fingerprint density at radius 1 is 1.54 bits per heavy atom. The Balaban J connectivity index is 2.75. The third-order valence-electron chi connectivity index (χ3n) is 1.89. The summed E-state index contributed by atoms with van der Waals surface area (Å²) in [5.74, 6) is 0.521. The Morgan fingerprint density at radius 2 is 2.31 bits per heavy atom. The predicted octanol–water partition coefficient (Wildman–Crippen LogP) is 3.03. The molecular formula is C9H8BrFN2. The first-order chi connectivity index (χ1) is 6.20. The lowest BCUT2D eigenvalue weighted by molar-refractivity contribution is 0.636. The van der Waals surface area contributed by atoms with Crippen LogP contribution in [0, 0.1) is 5.82 Å². The highest BCUT2D eigenvalue weighted by molar-refractivity contribution is 9.10. The number of benzene rings is 1. The first kappa shape index (κ1) is 8.69.